The second kappa shape index (κ2) is 10.8. The number of hydrogen-bond donors (Lipinski definition) is 2. The largest absolute Gasteiger partial charge is 0.465 e. The van der Waals surface area contributed by atoms with Gasteiger partial charge in [-0.15, -0.1) is 11.3 Å². The van der Waals surface area contributed by atoms with E-state index in [-0.39, 0.29) is 5.91 Å². The van der Waals surface area contributed by atoms with Crippen molar-refractivity contribution in [1.29, 1.82) is 0 Å². The number of esters is 1. The highest BCUT2D eigenvalue weighted by molar-refractivity contribution is 7.80. The van der Waals surface area contributed by atoms with Crippen molar-refractivity contribution in [1.82, 2.24) is 10.2 Å². The Bertz CT molecular complexity index is 934. The molecule has 35 heavy (non-hydrogen) atoms. The van der Waals surface area contributed by atoms with Gasteiger partial charge in [0.25, 0.3) is 5.91 Å². The minimum absolute atomic E-state index is 0.0630. The fraction of sp³-hybridized carbons (Fsp3) is 0.741. The summed E-state index contributed by atoms with van der Waals surface area (Å²) in [6, 6.07) is 0.334. The summed E-state index contributed by atoms with van der Waals surface area (Å²) in [5.74, 6) is 2.12. The standard InChI is InChI=1S/C27H41N3O3S2/c1-6-9-20(27-13-17-10-18(14-27)12-19(11-17)15-27)28-26(34)29-23-21(25(32)33-5)16(4)22(35-23)24(31)30(7-2)8-3/h17-20H,6-15H2,1-5H3,(H2,28,29,34). The minimum Gasteiger partial charge on any atom is -0.465 e. The van der Waals surface area contributed by atoms with Crippen LogP contribution in [0.4, 0.5) is 5.00 Å². The average Bonchev–Trinajstić information content (AvgIpc) is 3.13. The number of thiocarbonyl (C=S) groups is 1. The maximum atomic E-state index is 13.1. The monoisotopic (exact) mass is 519 g/mol. The fourth-order valence-electron chi connectivity index (χ4n) is 7.53. The number of hydrogen-bond acceptors (Lipinski definition) is 5. The number of thiophene rings is 1. The first kappa shape index (κ1) is 26.4. The molecule has 1 amide bonds. The second-order valence-corrected chi connectivity index (χ2v) is 12.4. The molecule has 0 radical (unpaired) electrons. The Morgan fingerprint density at radius 1 is 1.11 bits per heavy atom. The summed E-state index contributed by atoms with van der Waals surface area (Å²) in [5, 5.41) is 8.12. The first-order valence-corrected chi connectivity index (χ1v) is 14.6. The van der Waals surface area contributed by atoms with Crippen molar-refractivity contribution < 1.29 is 14.3 Å². The molecule has 4 bridgehead atoms. The van der Waals surface area contributed by atoms with Gasteiger partial charge in [-0.25, -0.2) is 4.79 Å². The van der Waals surface area contributed by atoms with Crippen LogP contribution >= 0.6 is 23.6 Å². The van der Waals surface area contributed by atoms with Crippen LogP contribution in [-0.2, 0) is 4.74 Å². The summed E-state index contributed by atoms with van der Waals surface area (Å²) < 4.78 is 5.07. The number of carbonyl (C=O) groups excluding carboxylic acids is 2. The smallest absolute Gasteiger partial charge is 0.341 e. The Morgan fingerprint density at radius 2 is 1.69 bits per heavy atom. The number of rotatable bonds is 9. The third kappa shape index (κ3) is 5.10. The Balaban J connectivity index is 1.56. The molecule has 6 nitrogen and oxygen atoms in total. The Morgan fingerprint density at radius 3 is 2.17 bits per heavy atom. The fourth-order valence-corrected chi connectivity index (χ4v) is 9.01. The van der Waals surface area contributed by atoms with E-state index in [4.69, 9.17) is 17.0 Å². The van der Waals surface area contributed by atoms with Crippen molar-refractivity contribution >= 4 is 45.5 Å². The summed E-state index contributed by atoms with van der Waals surface area (Å²) >= 11 is 7.11. The van der Waals surface area contributed by atoms with Gasteiger partial charge < -0.3 is 20.3 Å². The molecule has 0 aliphatic heterocycles. The summed E-state index contributed by atoms with van der Waals surface area (Å²) in [6.45, 7) is 9.22. The van der Waals surface area contributed by atoms with E-state index in [1.165, 1.54) is 57.0 Å². The molecule has 1 aromatic heterocycles. The Hall–Kier alpha value is -1.67. The van der Waals surface area contributed by atoms with Crippen molar-refractivity contribution in [3.8, 4) is 0 Å². The van der Waals surface area contributed by atoms with Crippen LogP contribution in [0.2, 0.25) is 0 Å². The quantitative estimate of drug-likeness (QED) is 0.308. The van der Waals surface area contributed by atoms with Crippen LogP contribution in [0, 0.1) is 30.1 Å². The lowest BCUT2D eigenvalue weighted by Gasteiger charge is -2.59. The Labute approximate surface area is 219 Å². The van der Waals surface area contributed by atoms with E-state index < -0.39 is 5.97 Å². The third-order valence-corrected chi connectivity index (χ3v) is 10.1. The summed E-state index contributed by atoms with van der Waals surface area (Å²) in [5.41, 5.74) is 1.38. The van der Waals surface area contributed by atoms with Gasteiger partial charge in [0.1, 0.15) is 5.00 Å². The molecule has 2 N–H and O–H groups in total. The van der Waals surface area contributed by atoms with Gasteiger partial charge in [0.2, 0.25) is 0 Å². The molecule has 4 aliphatic rings. The van der Waals surface area contributed by atoms with Crippen LogP contribution < -0.4 is 10.6 Å². The first-order chi connectivity index (χ1) is 16.7. The maximum Gasteiger partial charge on any atom is 0.341 e. The molecule has 4 fully saturated rings. The number of nitrogens with zero attached hydrogens (tertiary/aromatic N) is 1. The van der Waals surface area contributed by atoms with Crippen molar-refractivity contribution in [3.63, 3.8) is 0 Å². The molecule has 4 aliphatic carbocycles. The van der Waals surface area contributed by atoms with E-state index in [9.17, 15) is 9.59 Å². The summed E-state index contributed by atoms with van der Waals surface area (Å²) in [6.07, 6.45) is 10.4. The van der Waals surface area contributed by atoms with Crippen molar-refractivity contribution in [2.75, 3.05) is 25.5 Å². The average molecular weight is 520 g/mol. The summed E-state index contributed by atoms with van der Waals surface area (Å²) in [4.78, 5) is 28.1. The zero-order valence-electron chi connectivity index (χ0n) is 21.9. The molecule has 194 valence electrons. The predicted molar refractivity (Wildman–Crippen MR) is 146 cm³/mol. The van der Waals surface area contributed by atoms with Crippen LogP contribution in [0.25, 0.3) is 0 Å². The van der Waals surface area contributed by atoms with Crippen molar-refractivity contribution in [2.24, 2.45) is 23.2 Å². The molecule has 5 rings (SSSR count). The highest BCUT2D eigenvalue weighted by Gasteiger charge is 2.54. The maximum absolute atomic E-state index is 13.1. The predicted octanol–water partition coefficient (Wildman–Crippen LogP) is 6.00. The lowest BCUT2D eigenvalue weighted by atomic mass is 9.47. The molecular weight excluding hydrogens is 478 g/mol. The van der Waals surface area contributed by atoms with E-state index in [0.717, 1.165) is 30.6 Å². The number of methoxy groups -OCH3 is 1. The second-order valence-electron chi connectivity index (χ2n) is 10.9. The Kier molecular flexibility index (Phi) is 8.11. The normalized spacial score (nSPS) is 27.4. The van der Waals surface area contributed by atoms with Gasteiger partial charge in [0.15, 0.2) is 5.11 Å². The van der Waals surface area contributed by atoms with Gasteiger partial charge in [-0.05, 0) is 107 Å². The molecule has 8 heteroatoms. The van der Waals surface area contributed by atoms with Gasteiger partial charge in [-0.1, -0.05) is 13.3 Å². The highest BCUT2D eigenvalue weighted by Crippen LogP contribution is 2.61. The van der Waals surface area contributed by atoms with Crippen molar-refractivity contribution in [3.05, 3.63) is 16.0 Å². The lowest BCUT2D eigenvalue weighted by Crippen LogP contribution is -2.57. The van der Waals surface area contributed by atoms with E-state index in [0.29, 0.717) is 50.7 Å². The zero-order chi connectivity index (χ0) is 25.3. The van der Waals surface area contributed by atoms with Crippen LogP contribution in [-0.4, -0.2) is 48.1 Å². The number of nitrogens with one attached hydrogen (secondary N) is 2. The molecular formula is C27H41N3O3S2. The van der Waals surface area contributed by atoms with Gasteiger partial charge in [-0.3, -0.25) is 4.79 Å². The van der Waals surface area contributed by atoms with E-state index in [2.05, 4.69) is 17.6 Å². The molecule has 0 spiro atoms. The van der Waals surface area contributed by atoms with Crippen LogP contribution in [0.5, 0.6) is 0 Å². The number of amides is 1. The van der Waals surface area contributed by atoms with Crippen LogP contribution in [0.3, 0.4) is 0 Å². The number of ether oxygens (including phenoxy) is 1. The van der Waals surface area contributed by atoms with Gasteiger partial charge >= 0.3 is 5.97 Å². The molecule has 1 aromatic rings. The van der Waals surface area contributed by atoms with Crippen LogP contribution in [0.15, 0.2) is 0 Å². The molecule has 0 aromatic carbocycles. The minimum atomic E-state index is -0.450. The van der Waals surface area contributed by atoms with E-state index >= 15 is 0 Å². The molecule has 0 saturated heterocycles. The lowest BCUT2D eigenvalue weighted by molar-refractivity contribution is -0.0718. The number of anilines is 1. The molecule has 1 atom stereocenters. The van der Waals surface area contributed by atoms with Gasteiger partial charge in [-0.2, -0.15) is 0 Å². The molecule has 1 unspecified atom stereocenters. The number of carbonyl (C=O) groups is 2. The van der Waals surface area contributed by atoms with E-state index in [1.807, 2.05) is 20.8 Å². The van der Waals surface area contributed by atoms with Gasteiger partial charge in [0, 0.05) is 19.1 Å². The highest BCUT2D eigenvalue weighted by atomic mass is 32.1. The van der Waals surface area contributed by atoms with E-state index in [1.54, 1.807) is 4.90 Å². The SMILES string of the molecule is CCCC(NC(=S)Nc1sc(C(=O)N(CC)CC)c(C)c1C(=O)OC)C12CC3CC(CC(C3)C1)C2. The topological polar surface area (TPSA) is 70.7 Å². The van der Waals surface area contributed by atoms with Crippen molar-refractivity contribution in [2.45, 2.75) is 85.1 Å². The molecule has 1 heterocycles. The van der Waals surface area contributed by atoms with Gasteiger partial charge in [0.05, 0.1) is 17.6 Å². The van der Waals surface area contributed by atoms with Crippen LogP contribution in [0.1, 0.15) is 97.7 Å². The first-order valence-electron chi connectivity index (χ1n) is 13.3. The summed E-state index contributed by atoms with van der Waals surface area (Å²) in [7, 11) is 1.37. The zero-order valence-corrected chi connectivity index (χ0v) is 23.5. The molecule has 4 saturated carbocycles. The third-order valence-electron chi connectivity index (χ3n) is 8.72.